The van der Waals surface area contributed by atoms with Crippen molar-refractivity contribution in [1.29, 1.82) is 0 Å². The van der Waals surface area contributed by atoms with Crippen LogP contribution in [0, 0.1) is 0 Å². The van der Waals surface area contributed by atoms with Crippen molar-refractivity contribution in [2.24, 2.45) is 0 Å². The molecule has 1 heterocycles. The molecule has 0 saturated carbocycles. The molecule has 0 spiro atoms. The summed E-state index contributed by atoms with van der Waals surface area (Å²) < 4.78 is 2.62. The first-order valence-corrected chi connectivity index (χ1v) is 10.6. The van der Waals surface area contributed by atoms with Gasteiger partial charge < -0.3 is 0 Å². The molecule has 0 saturated heterocycles. The molecule has 2 heteroatoms. The molecule has 0 bridgehead atoms. The summed E-state index contributed by atoms with van der Waals surface area (Å²) in [4.78, 5) is 0. The van der Waals surface area contributed by atoms with Gasteiger partial charge in [-0.15, -0.1) is 0 Å². The molecule has 0 nitrogen and oxygen atoms in total. The zero-order valence-electron chi connectivity index (χ0n) is 13.9. The van der Waals surface area contributed by atoms with Crippen LogP contribution in [0.3, 0.4) is 0 Å². The van der Waals surface area contributed by atoms with Crippen molar-refractivity contribution in [2.75, 3.05) is 0 Å². The monoisotopic (exact) mass is 418 g/mol. The van der Waals surface area contributed by atoms with E-state index in [0.29, 0.717) is 0 Å². The van der Waals surface area contributed by atoms with E-state index in [1.54, 1.807) is 0 Å². The maximum absolute atomic E-state index is 6.65. The minimum atomic E-state index is 0.210. The fourth-order valence-electron chi connectivity index (χ4n) is 3.38. The molecule has 1 aromatic heterocycles. The summed E-state index contributed by atoms with van der Waals surface area (Å²) in [6, 6.07) is 32.4. The summed E-state index contributed by atoms with van der Waals surface area (Å²) in [6.07, 6.45) is 0. The van der Waals surface area contributed by atoms with Gasteiger partial charge in [-0.25, -0.2) is 0 Å². The van der Waals surface area contributed by atoms with Crippen LogP contribution in [0.25, 0.3) is 41.5 Å². The summed E-state index contributed by atoms with van der Waals surface area (Å²) in [5.74, 6) is 0. The first-order valence-electron chi connectivity index (χ1n) is 8.56. The SMILES string of the molecule is Clc1cc(-c2ccc3ccccc3c2)[se]c1-c1ccc2ccccc2c1. The van der Waals surface area contributed by atoms with Crippen molar-refractivity contribution in [3.63, 3.8) is 0 Å². The standard InChI is InChI=1S/C24H15ClSe/c25-22-15-23(20-11-9-16-5-1-3-7-18(16)13-20)26-24(22)21-12-10-17-6-2-4-8-19(17)14-21/h1-15H. The average molecular weight is 418 g/mol. The fraction of sp³-hybridized carbons (Fsp3) is 0. The Bertz CT molecular complexity index is 1250. The zero-order valence-corrected chi connectivity index (χ0v) is 16.4. The average Bonchev–Trinajstić information content (AvgIpc) is 3.09. The van der Waals surface area contributed by atoms with E-state index in [1.165, 1.54) is 41.5 Å². The number of hydrogen-bond donors (Lipinski definition) is 0. The van der Waals surface area contributed by atoms with Crippen molar-refractivity contribution >= 4 is 47.6 Å². The van der Waals surface area contributed by atoms with Crippen molar-refractivity contribution < 1.29 is 0 Å². The van der Waals surface area contributed by atoms with E-state index in [9.17, 15) is 0 Å². The number of halogens is 1. The van der Waals surface area contributed by atoms with E-state index in [0.717, 1.165) is 5.02 Å². The molecule has 0 radical (unpaired) electrons. The molecular weight excluding hydrogens is 403 g/mol. The van der Waals surface area contributed by atoms with Gasteiger partial charge in [0.2, 0.25) is 0 Å². The Kier molecular flexibility index (Phi) is 3.94. The van der Waals surface area contributed by atoms with Gasteiger partial charge in [-0.05, 0) is 0 Å². The molecule has 26 heavy (non-hydrogen) atoms. The minimum absolute atomic E-state index is 0.210. The molecule has 124 valence electrons. The Balaban J connectivity index is 1.61. The normalized spacial score (nSPS) is 11.3. The van der Waals surface area contributed by atoms with Gasteiger partial charge in [0.05, 0.1) is 0 Å². The van der Waals surface area contributed by atoms with Crippen molar-refractivity contribution in [2.45, 2.75) is 0 Å². The van der Waals surface area contributed by atoms with Crippen LogP contribution in [0.15, 0.2) is 91.0 Å². The molecule has 0 unspecified atom stereocenters. The summed E-state index contributed by atoms with van der Waals surface area (Å²) >= 11 is 6.86. The van der Waals surface area contributed by atoms with Gasteiger partial charge in [0.25, 0.3) is 0 Å². The van der Waals surface area contributed by atoms with E-state index >= 15 is 0 Å². The van der Waals surface area contributed by atoms with Crippen LogP contribution in [0.1, 0.15) is 0 Å². The van der Waals surface area contributed by atoms with Gasteiger partial charge >= 0.3 is 164 Å². The van der Waals surface area contributed by atoms with E-state index in [1.807, 2.05) is 0 Å². The van der Waals surface area contributed by atoms with Gasteiger partial charge in [-0.1, -0.05) is 0 Å². The van der Waals surface area contributed by atoms with Crippen LogP contribution in [0.2, 0.25) is 5.02 Å². The Hall–Kier alpha value is -2.31. The number of benzene rings is 4. The molecule has 5 aromatic rings. The molecule has 5 rings (SSSR count). The first-order chi connectivity index (χ1) is 12.8. The Labute approximate surface area is 163 Å². The number of fused-ring (bicyclic) bond motifs is 2. The summed E-state index contributed by atoms with van der Waals surface area (Å²) in [5.41, 5.74) is 2.51. The topological polar surface area (TPSA) is 0 Å². The molecule has 0 aliphatic carbocycles. The molecule has 0 amide bonds. The Morgan fingerprint density at radius 3 is 1.73 bits per heavy atom. The van der Waals surface area contributed by atoms with Gasteiger partial charge in [0.15, 0.2) is 0 Å². The van der Waals surface area contributed by atoms with Crippen LogP contribution in [-0.4, -0.2) is 14.5 Å². The number of hydrogen-bond acceptors (Lipinski definition) is 0. The second-order valence-electron chi connectivity index (χ2n) is 6.41. The molecule has 0 fully saturated rings. The van der Waals surface area contributed by atoms with Crippen LogP contribution in [0.4, 0.5) is 0 Å². The van der Waals surface area contributed by atoms with Gasteiger partial charge in [0, 0.05) is 0 Å². The van der Waals surface area contributed by atoms with Gasteiger partial charge in [-0.2, -0.15) is 0 Å². The second-order valence-corrected chi connectivity index (χ2v) is 9.03. The Morgan fingerprint density at radius 1 is 0.538 bits per heavy atom. The molecular formula is C24H15ClSe. The third-order valence-electron chi connectivity index (χ3n) is 4.73. The van der Waals surface area contributed by atoms with E-state index in [4.69, 9.17) is 11.6 Å². The summed E-state index contributed by atoms with van der Waals surface area (Å²) in [7, 11) is 0. The van der Waals surface area contributed by atoms with E-state index < -0.39 is 0 Å². The zero-order chi connectivity index (χ0) is 17.5. The van der Waals surface area contributed by atoms with Crippen LogP contribution >= 0.6 is 11.6 Å². The molecule has 4 aromatic carbocycles. The molecule has 0 aliphatic heterocycles. The van der Waals surface area contributed by atoms with Crippen molar-refractivity contribution in [3.8, 4) is 20.0 Å². The predicted octanol–water partition coefficient (Wildman–Crippen LogP) is 7.04. The third-order valence-corrected chi connectivity index (χ3v) is 7.87. The predicted molar refractivity (Wildman–Crippen MR) is 114 cm³/mol. The fourth-order valence-corrected chi connectivity index (χ4v) is 6.13. The van der Waals surface area contributed by atoms with Crippen LogP contribution in [-0.2, 0) is 0 Å². The third kappa shape index (κ3) is 2.79. The summed E-state index contributed by atoms with van der Waals surface area (Å²) in [6.45, 7) is 0. The van der Waals surface area contributed by atoms with E-state index in [2.05, 4.69) is 91.0 Å². The van der Waals surface area contributed by atoms with E-state index in [-0.39, 0.29) is 14.5 Å². The Morgan fingerprint density at radius 2 is 1.08 bits per heavy atom. The quantitative estimate of drug-likeness (QED) is 0.270. The molecule has 0 N–H and O–H groups in total. The van der Waals surface area contributed by atoms with Crippen molar-refractivity contribution in [1.82, 2.24) is 0 Å². The first kappa shape index (κ1) is 15.9. The molecule has 0 aliphatic rings. The van der Waals surface area contributed by atoms with Crippen LogP contribution < -0.4 is 0 Å². The van der Waals surface area contributed by atoms with Crippen molar-refractivity contribution in [3.05, 3.63) is 96.0 Å². The van der Waals surface area contributed by atoms with Gasteiger partial charge in [0.1, 0.15) is 0 Å². The molecule has 0 atom stereocenters. The summed E-state index contributed by atoms with van der Waals surface area (Å²) in [5, 5.41) is 5.95. The second kappa shape index (κ2) is 6.45. The van der Waals surface area contributed by atoms with Gasteiger partial charge in [-0.3, -0.25) is 0 Å². The number of rotatable bonds is 2. The van der Waals surface area contributed by atoms with Crippen LogP contribution in [0.5, 0.6) is 0 Å². The maximum atomic E-state index is 6.65.